The van der Waals surface area contributed by atoms with Gasteiger partial charge in [0.05, 0.1) is 23.4 Å². The number of ether oxygens (including phenoxy) is 2. The third-order valence-electron chi connectivity index (χ3n) is 4.81. The van der Waals surface area contributed by atoms with Crippen molar-refractivity contribution in [1.29, 1.82) is 5.26 Å². The Balaban J connectivity index is 2.04. The highest BCUT2D eigenvalue weighted by molar-refractivity contribution is 5.98. The van der Waals surface area contributed by atoms with Crippen LogP contribution in [-0.2, 0) is 16.0 Å². The van der Waals surface area contributed by atoms with Gasteiger partial charge in [-0.25, -0.2) is 4.79 Å². The summed E-state index contributed by atoms with van der Waals surface area (Å²) in [5, 5.41) is 19.5. The molecule has 0 aliphatic rings. The van der Waals surface area contributed by atoms with Gasteiger partial charge in [0.15, 0.2) is 0 Å². The van der Waals surface area contributed by atoms with Crippen LogP contribution in [0, 0.1) is 24.2 Å². The van der Waals surface area contributed by atoms with Gasteiger partial charge in [0.25, 0.3) is 0 Å². The molecular weight excluding hydrogens is 392 g/mol. The molecule has 0 aliphatic heterocycles. The predicted octanol–water partition coefficient (Wildman–Crippen LogP) is 4.76. The standard InChI is InChI=1S/C25H26N2O4/c1-16(2)12-23-21(14-26)25(18-6-4-17(3)5-7-18)20-13-19(8-9-22(20)27-23)31-11-10-30-15-24(28)29/h4-9,13,16H,10-12,15H2,1-3H3,(H,28,29). The van der Waals surface area contributed by atoms with E-state index in [4.69, 9.17) is 19.6 Å². The maximum Gasteiger partial charge on any atom is 0.329 e. The van der Waals surface area contributed by atoms with Crippen molar-refractivity contribution in [2.24, 2.45) is 5.92 Å². The van der Waals surface area contributed by atoms with E-state index >= 15 is 0 Å². The Bertz CT molecular complexity index is 1120. The van der Waals surface area contributed by atoms with Crippen LogP contribution in [0.3, 0.4) is 0 Å². The highest BCUT2D eigenvalue weighted by Gasteiger charge is 2.18. The molecule has 0 unspecified atom stereocenters. The molecule has 1 N–H and O–H groups in total. The Morgan fingerprint density at radius 2 is 1.90 bits per heavy atom. The monoisotopic (exact) mass is 418 g/mol. The van der Waals surface area contributed by atoms with E-state index in [2.05, 4.69) is 19.9 Å². The van der Waals surface area contributed by atoms with Gasteiger partial charge in [0.1, 0.15) is 25.0 Å². The number of carboxylic acid groups (broad SMARTS) is 1. The maximum absolute atomic E-state index is 10.5. The van der Waals surface area contributed by atoms with Crippen LogP contribution in [0.25, 0.3) is 22.0 Å². The fourth-order valence-corrected chi connectivity index (χ4v) is 3.44. The van der Waals surface area contributed by atoms with Crippen molar-refractivity contribution in [3.05, 3.63) is 59.3 Å². The number of fused-ring (bicyclic) bond motifs is 1. The van der Waals surface area contributed by atoms with Crippen LogP contribution in [0.4, 0.5) is 0 Å². The van der Waals surface area contributed by atoms with Crippen LogP contribution >= 0.6 is 0 Å². The minimum Gasteiger partial charge on any atom is -0.491 e. The summed E-state index contributed by atoms with van der Waals surface area (Å²) in [6.45, 7) is 6.30. The first-order valence-electron chi connectivity index (χ1n) is 10.2. The molecule has 1 heterocycles. The molecule has 0 saturated heterocycles. The minimum absolute atomic E-state index is 0.171. The number of aromatic nitrogens is 1. The van der Waals surface area contributed by atoms with Gasteiger partial charge in [0.2, 0.25) is 0 Å². The largest absolute Gasteiger partial charge is 0.491 e. The number of aliphatic carboxylic acids is 1. The molecule has 2 aromatic carbocycles. The van der Waals surface area contributed by atoms with Gasteiger partial charge in [-0.15, -0.1) is 0 Å². The molecule has 3 aromatic rings. The van der Waals surface area contributed by atoms with Crippen molar-refractivity contribution in [2.45, 2.75) is 27.2 Å². The van der Waals surface area contributed by atoms with Crippen LogP contribution in [0.1, 0.15) is 30.7 Å². The number of pyridine rings is 1. The lowest BCUT2D eigenvalue weighted by atomic mass is 9.92. The lowest BCUT2D eigenvalue weighted by Crippen LogP contribution is -2.12. The normalized spacial score (nSPS) is 10.9. The zero-order valence-corrected chi connectivity index (χ0v) is 18.0. The molecule has 0 atom stereocenters. The van der Waals surface area contributed by atoms with Gasteiger partial charge in [-0.1, -0.05) is 43.7 Å². The van der Waals surface area contributed by atoms with Crippen LogP contribution < -0.4 is 4.74 Å². The second-order valence-corrected chi connectivity index (χ2v) is 7.86. The fraction of sp³-hybridized carbons (Fsp3) is 0.320. The molecule has 31 heavy (non-hydrogen) atoms. The van der Waals surface area contributed by atoms with E-state index in [0.29, 0.717) is 17.2 Å². The first kappa shape index (κ1) is 22.3. The molecule has 6 heteroatoms. The minimum atomic E-state index is -1.01. The summed E-state index contributed by atoms with van der Waals surface area (Å²) in [6.07, 6.45) is 0.719. The zero-order chi connectivity index (χ0) is 22.4. The highest BCUT2D eigenvalue weighted by Crippen LogP contribution is 2.35. The van der Waals surface area contributed by atoms with Crippen molar-refractivity contribution in [2.75, 3.05) is 19.8 Å². The van der Waals surface area contributed by atoms with Gasteiger partial charge >= 0.3 is 5.97 Å². The van der Waals surface area contributed by atoms with E-state index in [9.17, 15) is 10.1 Å². The van der Waals surface area contributed by atoms with Crippen LogP contribution in [0.2, 0.25) is 0 Å². The van der Waals surface area contributed by atoms with Crippen molar-refractivity contribution < 1.29 is 19.4 Å². The van der Waals surface area contributed by atoms with Crippen molar-refractivity contribution >= 4 is 16.9 Å². The Morgan fingerprint density at radius 1 is 1.16 bits per heavy atom. The van der Waals surface area contributed by atoms with Crippen LogP contribution in [0.5, 0.6) is 5.75 Å². The van der Waals surface area contributed by atoms with Crippen molar-refractivity contribution in [3.63, 3.8) is 0 Å². The maximum atomic E-state index is 10.5. The second kappa shape index (κ2) is 10.1. The van der Waals surface area contributed by atoms with E-state index in [1.807, 2.05) is 49.4 Å². The fourth-order valence-electron chi connectivity index (χ4n) is 3.44. The Labute approximate surface area is 182 Å². The van der Waals surface area contributed by atoms with Gasteiger partial charge < -0.3 is 14.6 Å². The summed E-state index contributed by atoms with van der Waals surface area (Å²) < 4.78 is 10.8. The van der Waals surface area contributed by atoms with Gasteiger partial charge in [-0.05, 0) is 43.0 Å². The molecule has 0 saturated carbocycles. The predicted molar refractivity (Wildman–Crippen MR) is 119 cm³/mol. The smallest absolute Gasteiger partial charge is 0.329 e. The molecule has 0 bridgehead atoms. The lowest BCUT2D eigenvalue weighted by molar-refractivity contribution is -0.142. The van der Waals surface area contributed by atoms with E-state index in [-0.39, 0.29) is 19.8 Å². The van der Waals surface area contributed by atoms with Gasteiger partial charge in [-0.2, -0.15) is 5.26 Å². The van der Waals surface area contributed by atoms with E-state index in [1.165, 1.54) is 0 Å². The topological polar surface area (TPSA) is 92.4 Å². The summed E-state index contributed by atoms with van der Waals surface area (Å²) in [5.74, 6) is -0.0285. The Hall–Kier alpha value is -3.43. The third kappa shape index (κ3) is 5.59. The number of hydrogen-bond donors (Lipinski definition) is 1. The van der Waals surface area contributed by atoms with E-state index in [1.54, 1.807) is 0 Å². The average molecular weight is 418 g/mol. The van der Waals surface area contributed by atoms with E-state index < -0.39 is 5.97 Å². The number of carbonyl (C=O) groups is 1. The first-order chi connectivity index (χ1) is 14.9. The van der Waals surface area contributed by atoms with Crippen molar-refractivity contribution in [1.82, 2.24) is 4.98 Å². The molecule has 0 radical (unpaired) electrons. The summed E-state index contributed by atoms with van der Waals surface area (Å²) in [6, 6.07) is 16.1. The van der Waals surface area contributed by atoms with Gasteiger partial charge in [-0.3, -0.25) is 4.98 Å². The summed E-state index contributed by atoms with van der Waals surface area (Å²) in [4.78, 5) is 15.3. The number of carboxylic acids is 1. The number of nitriles is 1. The number of rotatable bonds is 9. The van der Waals surface area contributed by atoms with Crippen molar-refractivity contribution in [3.8, 4) is 22.9 Å². The molecule has 160 valence electrons. The molecular formula is C25H26N2O4. The SMILES string of the molecule is Cc1ccc(-c2c(C#N)c(CC(C)C)nc3ccc(OCCOCC(=O)O)cc23)cc1. The number of hydrogen-bond acceptors (Lipinski definition) is 5. The third-order valence-corrected chi connectivity index (χ3v) is 4.81. The zero-order valence-electron chi connectivity index (χ0n) is 18.0. The van der Waals surface area contributed by atoms with Gasteiger partial charge in [0, 0.05) is 10.9 Å². The van der Waals surface area contributed by atoms with Crippen LogP contribution in [-0.4, -0.2) is 35.9 Å². The van der Waals surface area contributed by atoms with Crippen LogP contribution in [0.15, 0.2) is 42.5 Å². The Morgan fingerprint density at radius 3 is 2.55 bits per heavy atom. The highest BCUT2D eigenvalue weighted by atomic mass is 16.5. The molecule has 0 aliphatic carbocycles. The number of aryl methyl sites for hydroxylation is 1. The van der Waals surface area contributed by atoms with E-state index in [0.717, 1.165) is 39.7 Å². The molecule has 1 aromatic heterocycles. The summed E-state index contributed by atoms with van der Waals surface area (Å²) >= 11 is 0. The quantitative estimate of drug-likeness (QED) is 0.504. The molecule has 6 nitrogen and oxygen atoms in total. The Kier molecular flexibility index (Phi) is 7.22. The molecule has 0 fully saturated rings. The molecule has 0 spiro atoms. The molecule has 3 rings (SSSR count). The second-order valence-electron chi connectivity index (χ2n) is 7.86. The summed E-state index contributed by atoms with van der Waals surface area (Å²) in [7, 11) is 0. The molecule has 0 amide bonds. The summed E-state index contributed by atoms with van der Waals surface area (Å²) in [5.41, 5.74) is 5.16. The first-order valence-corrected chi connectivity index (χ1v) is 10.2. The number of nitrogens with zero attached hydrogens (tertiary/aromatic N) is 2. The average Bonchev–Trinajstić information content (AvgIpc) is 2.72. The lowest BCUT2D eigenvalue weighted by Gasteiger charge is -2.16. The number of benzene rings is 2.